The number of fused-ring (bicyclic) bond motifs is 1. The number of piperidine rings is 1. The maximum atomic E-state index is 13.6. The zero-order chi connectivity index (χ0) is 23.4. The third kappa shape index (κ3) is 3.93. The number of aromatic nitrogens is 1. The van der Waals surface area contributed by atoms with Gasteiger partial charge in [-0.1, -0.05) is 0 Å². The van der Waals surface area contributed by atoms with E-state index in [9.17, 15) is 22.8 Å². The van der Waals surface area contributed by atoms with E-state index in [1.54, 1.807) is 6.92 Å². The van der Waals surface area contributed by atoms with Gasteiger partial charge in [-0.15, -0.1) is 0 Å². The Bertz CT molecular complexity index is 1010. The number of amides is 1. The monoisotopic (exact) mass is 465 g/mol. The zero-order valence-electron chi connectivity index (χ0n) is 18.4. The molecule has 0 N–H and O–H groups in total. The van der Waals surface area contributed by atoms with Crippen LogP contribution in [0.15, 0.2) is 23.4 Å². The van der Waals surface area contributed by atoms with Crippen molar-refractivity contribution in [3.63, 3.8) is 0 Å². The molecule has 0 saturated carbocycles. The van der Waals surface area contributed by atoms with Crippen LogP contribution in [-0.4, -0.2) is 71.2 Å². The van der Waals surface area contributed by atoms with Crippen molar-refractivity contribution in [3.05, 3.63) is 40.2 Å². The van der Waals surface area contributed by atoms with Crippen molar-refractivity contribution in [1.29, 1.82) is 0 Å². The molecule has 1 aromatic rings. The summed E-state index contributed by atoms with van der Waals surface area (Å²) in [6, 6.07) is 1.41. The highest BCUT2D eigenvalue weighted by Crippen LogP contribution is 2.43. The van der Waals surface area contributed by atoms with Gasteiger partial charge in [-0.25, -0.2) is 4.79 Å². The fraction of sp³-hybridized carbons (Fsp3) is 0.609. The Labute approximate surface area is 189 Å². The molecule has 2 fully saturated rings. The molecule has 5 heterocycles. The van der Waals surface area contributed by atoms with Crippen LogP contribution in [0.3, 0.4) is 0 Å². The molecule has 2 saturated heterocycles. The molecule has 0 radical (unpaired) electrons. The van der Waals surface area contributed by atoms with E-state index in [-0.39, 0.29) is 12.5 Å². The summed E-state index contributed by atoms with van der Waals surface area (Å²) in [6.07, 6.45) is -1.31. The Morgan fingerprint density at radius 3 is 2.67 bits per heavy atom. The van der Waals surface area contributed by atoms with E-state index < -0.39 is 23.3 Å². The van der Waals surface area contributed by atoms with E-state index in [0.29, 0.717) is 73.9 Å². The lowest BCUT2D eigenvalue weighted by Gasteiger charge is -2.42. The largest absolute Gasteiger partial charge is 0.450 e. The summed E-state index contributed by atoms with van der Waals surface area (Å²) in [5.74, 6) is -0.825. The second-order valence-electron chi connectivity index (χ2n) is 9.24. The van der Waals surface area contributed by atoms with Crippen LogP contribution in [0.5, 0.6) is 0 Å². The minimum atomic E-state index is -4.50. The van der Waals surface area contributed by atoms with Gasteiger partial charge in [0.1, 0.15) is 5.60 Å². The first kappa shape index (κ1) is 22.3. The number of nitrogens with zero attached hydrogens (tertiary/aromatic N) is 3. The summed E-state index contributed by atoms with van der Waals surface area (Å²) in [5, 5.41) is 0. The van der Waals surface area contributed by atoms with Gasteiger partial charge in [0.25, 0.3) is 5.91 Å². The first-order valence-corrected chi connectivity index (χ1v) is 11.3. The van der Waals surface area contributed by atoms with Crippen LogP contribution in [0.2, 0.25) is 0 Å². The molecule has 5 rings (SSSR count). The van der Waals surface area contributed by atoms with Gasteiger partial charge in [-0.3, -0.25) is 14.7 Å². The minimum Gasteiger partial charge on any atom is -0.450 e. The standard InChI is InChI=1S/C23H26F3N3O4/c1-14-19(22(33-21(14)31)4-7-28(8-5-22)17-3-9-32-13-17)20(30)29-6-2-18-15(12-29)10-16(11-27-18)23(24,25)26/h10-11,17H,2-9,12-13H2,1H3/t17-/m0/s1. The average Bonchev–Trinajstić information content (AvgIpc) is 3.40. The molecule has 4 aliphatic heterocycles. The van der Waals surface area contributed by atoms with Gasteiger partial charge < -0.3 is 14.4 Å². The summed E-state index contributed by atoms with van der Waals surface area (Å²) in [7, 11) is 0. The van der Waals surface area contributed by atoms with Crippen molar-refractivity contribution >= 4 is 11.9 Å². The van der Waals surface area contributed by atoms with E-state index in [1.165, 1.54) is 4.90 Å². The third-order valence-electron chi connectivity index (χ3n) is 7.32. The molecule has 0 bridgehead atoms. The molecule has 7 nitrogen and oxygen atoms in total. The molecule has 33 heavy (non-hydrogen) atoms. The third-order valence-corrected chi connectivity index (χ3v) is 7.32. The average molecular weight is 465 g/mol. The summed E-state index contributed by atoms with van der Waals surface area (Å²) in [6.45, 7) is 4.76. The maximum absolute atomic E-state index is 13.6. The van der Waals surface area contributed by atoms with Gasteiger partial charge >= 0.3 is 12.1 Å². The Kier molecular flexibility index (Phi) is 5.48. The lowest BCUT2D eigenvalue weighted by Crippen LogP contribution is -2.52. The highest BCUT2D eigenvalue weighted by atomic mass is 19.4. The second-order valence-corrected chi connectivity index (χ2v) is 9.24. The number of likely N-dealkylation sites (tertiary alicyclic amines) is 1. The summed E-state index contributed by atoms with van der Waals surface area (Å²) in [4.78, 5) is 33.9. The summed E-state index contributed by atoms with van der Waals surface area (Å²) < 4.78 is 50.7. The highest BCUT2D eigenvalue weighted by Gasteiger charge is 2.52. The van der Waals surface area contributed by atoms with Crippen molar-refractivity contribution in [2.45, 2.75) is 57.0 Å². The van der Waals surface area contributed by atoms with Crippen molar-refractivity contribution < 1.29 is 32.2 Å². The first-order chi connectivity index (χ1) is 15.7. The van der Waals surface area contributed by atoms with E-state index in [2.05, 4.69) is 9.88 Å². The van der Waals surface area contributed by atoms with Crippen LogP contribution in [0.25, 0.3) is 0 Å². The zero-order valence-corrected chi connectivity index (χ0v) is 18.4. The van der Waals surface area contributed by atoms with Crippen LogP contribution < -0.4 is 0 Å². The van der Waals surface area contributed by atoms with E-state index in [1.807, 2.05) is 0 Å². The van der Waals surface area contributed by atoms with Gasteiger partial charge in [0.05, 0.1) is 17.7 Å². The number of hydrogen-bond acceptors (Lipinski definition) is 6. The lowest BCUT2D eigenvalue weighted by molar-refractivity contribution is -0.152. The van der Waals surface area contributed by atoms with E-state index >= 15 is 0 Å². The van der Waals surface area contributed by atoms with Crippen LogP contribution in [-0.2, 0) is 38.2 Å². The number of halogens is 3. The topological polar surface area (TPSA) is 72.0 Å². The maximum Gasteiger partial charge on any atom is 0.417 e. The fourth-order valence-corrected chi connectivity index (χ4v) is 5.43. The van der Waals surface area contributed by atoms with Crippen LogP contribution >= 0.6 is 0 Å². The molecule has 0 aliphatic carbocycles. The Morgan fingerprint density at radius 2 is 2.00 bits per heavy atom. The summed E-state index contributed by atoms with van der Waals surface area (Å²) in [5.41, 5.74) is -0.189. The molecular formula is C23H26F3N3O4. The van der Waals surface area contributed by atoms with Crippen LogP contribution in [0.4, 0.5) is 13.2 Å². The number of ether oxygens (including phenoxy) is 2. The number of carbonyl (C=O) groups excluding carboxylic acids is 2. The lowest BCUT2D eigenvalue weighted by atomic mass is 9.81. The summed E-state index contributed by atoms with van der Waals surface area (Å²) >= 11 is 0. The van der Waals surface area contributed by atoms with Gasteiger partial charge in [-0.2, -0.15) is 13.2 Å². The Balaban J connectivity index is 1.36. The van der Waals surface area contributed by atoms with E-state index in [4.69, 9.17) is 9.47 Å². The number of rotatable bonds is 2. The van der Waals surface area contributed by atoms with Gasteiger partial charge in [0, 0.05) is 75.6 Å². The molecule has 1 spiro atoms. The Morgan fingerprint density at radius 1 is 1.24 bits per heavy atom. The number of hydrogen-bond donors (Lipinski definition) is 0. The SMILES string of the molecule is CC1=C(C(=O)N2CCc3ncc(C(F)(F)F)cc3C2)C2(CCN([C@H]3CCOC3)CC2)OC1=O. The molecule has 10 heteroatoms. The normalized spacial score (nSPS) is 25.5. The first-order valence-electron chi connectivity index (χ1n) is 11.3. The van der Waals surface area contributed by atoms with Gasteiger partial charge in [0.15, 0.2) is 0 Å². The van der Waals surface area contributed by atoms with Crippen molar-refractivity contribution in [3.8, 4) is 0 Å². The van der Waals surface area contributed by atoms with Gasteiger partial charge in [0.2, 0.25) is 0 Å². The molecule has 1 atom stereocenters. The predicted octanol–water partition coefficient (Wildman–Crippen LogP) is 2.48. The van der Waals surface area contributed by atoms with Crippen molar-refractivity contribution in [1.82, 2.24) is 14.8 Å². The van der Waals surface area contributed by atoms with Crippen LogP contribution in [0.1, 0.15) is 43.0 Å². The molecule has 4 aliphatic rings. The molecule has 0 unspecified atom stereocenters. The molecule has 178 valence electrons. The number of alkyl halides is 3. The molecular weight excluding hydrogens is 439 g/mol. The molecule has 1 amide bonds. The Hall–Kier alpha value is -2.46. The molecule has 1 aromatic heterocycles. The van der Waals surface area contributed by atoms with Gasteiger partial charge in [-0.05, 0) is 25.0 Å². The quantitative estimate of drug-likeness (QED) is 0.625. The predicted molar refractivity (Wildman–Crippen MR) is 110 cm³/mol. The van der Waals surface area contributed by atoms with E-state index in [0.717, 1.165) is 25.3 Å². The van der Waals surface area contributed by atoms with Crippen LogP contribution in [0, 0.1) is 0 Å². The smallest absolute Gasteiger partial charge is 0.417 e. The minimum absolute atomic E-state index is 0.0255. The molecule has 0 aromatic carbocycles. The van der Waals surface area contributed by atoms with Crippen molar-refractivity contribution in [2.75, 3.05) is 32.8 Å². The van der Waals surface area contributed by atoms with Crippen molar-refractivity contribution in [2.24, 2.45) is 0 Å². The number of carbonyl (C=O) groups is 2. The second kappa shape index (κ2) is 8.09. The number of esters is 1. The number of pyridine rings is 1. The fourth-order valence-electron chi connectivity index (χ4n) is 5.43. The highest BCUT2D eigenvalue weighted by molar-refractivity contribution is 6.07.